The van der Waals surface area contributed by atoms with Gasteiger partial charge in [0.25, 0.3) is 0 Å². The molecule has 0 amide bonds. The van der Waals surface area contributed by atoms with Crippen molar-refractivity contribution in [3.63, 3.8) is 0 Å². The first-order valence-corrected chi connectivity index (χ1v) is 5.20. The van der Waals surface area contributed by atoms with E-state index in [1.807, 2.05) is 32.3 Å². The molecule has 0 aliphatic rings. The van der Waals surface area contributed by atoms with E-state index in [4.69, 9.17) is 0 Å². The number of hydrogen-bond donors (Lipinski definition) is 1. The third-order valence-corrected chi connectivity index (χ3v) is 2.09. The molecule has 0 aliphatic heterocycles. The topological polar surface area (TPSA) is 28.7 Å². The highest BCUT2D eigenvalue weighted by atomic mass is 14.8. The normalized spacial score (nSPS) is 10.1. The highest BCUT2D eigenvalue weighted by Gasteiger charge is 2.01. The highest BCUT2D eigenvalue weighted by Crippen LogP contribution is 2.17. The van der Waals surface area contributed by atoms with Crippen LogP contribution in [0.2, 0.25) is 0 Å². The molecule has 14 heavy (non-hydrogen) atoms. The number of nitrogens with zero attached hydrogens (tertiary/aromatic N) is 1. The van der Waals surface area contributed by atoms with Gasteiger partial charge < -0.3 is 4.98 Å². The van der Waals surface area contributed by atoms with E-state index in [0.717, 1.165) is 5.65 Å². The first-order chi connectivity index (χ1) is 6.77. The second-order valence-corrected chi connectivity index (χ2v) is 3.34. The van der Waals surface area contributed by atoms with Gasteiger partial charge in [0.1, 0.15) is 5.65 Å². The van der Waals surface area contributed by atoms with Gasteiger partial charge in [-0.05, 0) is 23.6 Å². The summed E-state index contributed by atoms with van der Waals surface area (Å²) in [6.07, 6.45) is 3.85. The minimum absolute atomic E-state index is 0.553. The lowest BCUT2D eigenvalue weighted by molar-refractivity contribution is 0.862. The molecule has 76 valence electrons. The summed E-state index contributed by atoms with van der Waals surface area (Å²) < 4.78 is 0. The molecule has 2 heterocycles. The summed E-state index contributed by atoms with van der Waals surface area (Å²) in [7, 11) is 0. The quantitative estimate of drug-likeness (QED) is 0.729. The fourth-order valence-electron chi connectivity index (χ4n) is 1.27. The Kier molecular flexibility index (Phi) is 3.69. The van der Waals surface area contributed by atoms with Gasteiger partial charge in [0.2, 0.25) is 0 Å². The molecule has 2 aromatic rings. The van der Waals surface area contributed by atoms with E-state index in [1.165, 1.54) is 10.9 Å². The molecule has 2 heteroatoms. The van der Waals surface area contributed by atoms with Crippen molar-refractivity contribution in [1.82, 2.24) is 9.97 Å². The summed E-state index contributed by atoms with van der Waals surface area (Å²) in [6.45, 7) is 8.35. The fraction of sp³-hybridized carbons (Fsp3) is 0.417. The predicted octanol–water partition coefficient (Wildman–Crippen LogP) is 3.71. The van der Waals surface area contributed by atoms with Gasteiger partial charge in [-0.3, -0.25) is 0 Å². The molecule has 0 bridgehead atoms. The van der Waals surface area contributed by atoms with Crippen LogP contribution in [0, 0.1) is 0 Å². The van der Waals surface area contributed by atoms with Gasteiger partial charge in [0, 0.05) is 17.8 Å². The van der Waals surface area contributed by atoms with E-state index in [2.05, 4.69) is 29.9 Å². The lowest BCUT2D eigenvalue weighted by atomic mass is 10.1. The second-order valence-electron chi connectivity index (χ2n) is 3.34. The number of aromatic nitrogens is 2. The Labute approximate surface area is 85.4 Å². The van der Waals surface area contributed by atoms with Crippen LogP contribution in [0.15, 0.2) is 24.5 Å². The van der Waals surface area contributed by atoms with Crippen LogP contribution >= 0.6 is 0 Å². The summed E-state index contributed by atoms with van der Waals surface area (Å²) in [6, 6.07) is 4.23. The van der Waals surface area contributed by atoms with Crippen LogP contribution in [-0.4, -0.2) is 9.97 Å². The zero-order valence-electron chi connectivity index (χ0n) is 9.33. The fourth-order valence-corrected chi connectivity index (χ4v) is 1.27. The summed E-state index contributed by atoms with van der Waals surface area (Å²) in [5.74, 6) is 0.553. The van der Waals surface area contributed by atoms with E-state index in [-0.39, 0.29) is 0 Å². The number of H-pyrrole nitrogens is 1. The van der Waals surface area contributed by atoms with Crippen LogP contribution in [0.25, 0.3) is 11.0 Å². The number of aromatic amines is 1. The largest absolute Gasteiger partial charge is 0.346 e. The molecule has 0 atom stereocenters. The minimum atomic E-state index is 0.553. The maximum Gasteiger partial charge on any atom is 0.137 e. The van der Waals surface area contributed by atoms with Crippen molar-refractivity contribution in [1.29, 1.82) is 0 Å². The van der Waals surface area contributed by atoms with Crippen molar-refractivity contribution >= 4 is 11.0 Å². The number of hydrogen-bond acceptors (Lipinski definition) is 1. The van der Waals surface area contributed by atoms with Crippen LogP contribution in [0.5, 0.6) is 0 Å². The van der Waals surface area contributed by atoms with E-state index in [9.17, 15) is 0 Å². The van der Waals surface area contributed by atoms with Gasteiger partial charge >= 0.3 is 0 Å². The van der Waals surface area contributed by atoms with Crippen molar-refractivity contribution in [3.8, 4) is 0 Å². The van der Waals surface area contributed by atoms with Crippen LogP contribution in [0.4, 0.5) is 0 Å². The van der Waals surface area contributed by atoms with Gasteiger partial charge in [0.15, 0.2) is 0 Å². The van der Waals surface area contributed by atoms with Gasteiger partial charge in [0.05, 0.1) is 0 Å². The first-order valence-electron chi connectivity index (χ1n) is 5.20. The third-order valence-electron chi connectivity index (χ3n) is 2.09. The van der Waals surface area contributed by atoms with Crippen molar-refractivity contribution in [2.24, 2.45) is 0 Å². The predicted molar refractivity (Wildman–Crippen MR) is 61.5 cm³/mol. The number of fused-ring (bicyclic) bond motifs is 1. The molecule has 1 N–H and O–H groups in total. The standard InChI is InChI=1S/C10H12N2.C2H6/c1-7(2)9-5-8-3-4-11-10(8)12-6-9;1-2/h3-7H,1-2H3,(H,11,12);1-2H3. The van der Waals surface area contributed by atoms with Gasteiger partial charge in [-0.15, -0.1) is 0 Å². The molecular weight excluding hydrogens is 172 g/mol. The van der Waals surface area contributed by atoms with Crippen LogP contribution in [0.3, 0.4) is 0 Å². The number of pyridine rings is 1. The Morgan fingerprint density at radius 2 is 2.00 bits per heavy atom. The molecule has 0 spiro atoms. The molecule has 2 aromatic heterocycles. The van der Waals surface area contributed by atoms with Crippen LogP contribution < -0.4 is 0 Å². The molecule has 0 unspecified atom stereocenters. The summed E-state index contributed by atoms with van der Waals surface area (Å²) in [5.41, 5.74) is 2.27. The zero-order valence-corrected chi connectivity index (χ0v) is 9.33. The smallest absolute Gasteiger partial charge is 0.137 e. The van der Waals surface area contributed by atoms with Crippen LogP contribution in [-0.2, 0) is 0 Å². The third kappa shape index (κ3) is 2.13. The van der Waals surface area contributed by atoms with Crippen molar-refractivity contribution in [3.05, 3.63) is 30.1 Å². The average Bonchev–Trinajstić information content (AvgIpc) is 2.67. The summed E-state index contributed by atoms with van der Waals surface area (Å²) in [5, 5.41) is 1.20. The Hall–Kier alpha value is -1.31. The molecule has 0 saturated heterocycles. The zero-order chi connectivity index (χ0) is 10.6. The Bertz CT molecular complexity index is 388. The number of rotatable bonds is 1. The molecular formula is C12H18N2. The molecule has 0 fully saturated rings. The van der Waals surface area contributed by atoms with E-state index in [1.54, 1.807) is 0 Å². The SMILES string of the molecule is CC.CC(C)c1cnc2[nH]ccc2c1. The Morgan fingerprint density at radius 1 is 1.29 bits per heavy atom. The highest BCUT2D eigenvalue weighted by molar-refractivity contribution is 5.75. The van der Waals surface area contributed by atoms with E-state index in [0.29, 0.717) is 5.92 Å². The molecule has 2 rings (SSSR count). The molecule has 0 aliphatic carbocycles. The number of nitrogens with one attached hydrogen (secondary N) is 1. The molecule has 0 saturated carbocycles. The van der Waals surface area contributed by atoms with Crippen molar-refractivity contribution in [2.75, 3.05) is 0 Å². The average molecular weight is 190 g/mol. The van der Waals surface area contributed by atoms with Gasteiger partial charge in [-0.2, -0.15) is 0 Å². The summed E-state index contributed by atoms with van der Waals surface area (Å²) in [4.78, 5) is 7.38. The van der Waals surface area contributed by atoms with Crippen molar-refractivity contribution in [2.45, 2.75) is 33.6 Å². The Morgan fingerprint density at radius 3 is 2.64 bits per heavy atom. The van der Waals surface area contributed by atoms with E-state index >= 15 is 0 Å². The maximum absolute atomic E-state index is 4.31. The van der Waals surface area contributed by atoms with Crippen molar-refractivity contribution < 1.29 is 0 Å². The first kappa shape index (κ1) is 10.8. The van der Waals surface area contributed by atoms with Gasteiger partial charge in [-0.1, -0.05) is 27.7 Å². The molecule has 2 nitrogen and oxygen atoms in total. The molecule has 0 radical (unpaired) electrons. The Balaban J connectivity index is 0.000000461. The van der Waals surface area contributed by atoms with E-state index < -0.39 is 0 Å². The minimum Gasteiger partial charge on any atom is -0.346 e. The van der Waals surface area contributed by atoms with Gasteiger partial charge in [-0.25, -0.2) is 4.98 Å². The lowest BCUT2D eigenvalue weighted by Gasteiger charge is -2.03. The molecule has 0 aromatic carbocycles. The summed E-state index contributed by atoms with van der Waals surface area (Å²) >= 11 is 0. The van der Waals surface area contributed by atoms with Crippen LogP contribution in [0.1, 0.15) is 39.2 Å². The lowest BCUT2D eigenvalue weighted by Crippen LogP contribution is -1.88. The monoisotopic (exact) mass is 190 g/mol. The second kappa shape index (κ2) is 4.80. The maximum atomic E-state index is 4.31.